The van der Waals surface area contributed by atoms with Crippen molar-refractivity contribution < 1.29 is 19.1 Å². The Kier molecular flexibility index (Phi) is 8.42. The number of carbonyl (C=O) groups is 2. The molecular weight excluding hydrogens is 487 g/mol. The molecule has 0 unspecified atom stereocenters. The van der Waals surface area contributed by atoms with Gasteiger partial charge in [-0.05, 0) is 36.8 Å². The van der Waals surface area contributed by atoms with Gasteiger partial charge in [0.25, 0.3) is 5.91 Å². The first-order valence-electron chi connectivity index (χ1n) is 11.4. The van der Waals surface area contributed by atoms with Crippen LogP contribution in [0, 0.1) is 0 Å². The molecule has 1 N–H and O–H groups in total. The number of nitrogens with one attached hydrogen (secondary N) is 1. The third kappa shape index (κ3) is 6.03. The largest absolute Gasteiger partial charge is 0.465 e. The van der Waals surface area contributed by atoms with Crippen LogP contribution in [0.2, 0.25) is 10.0 Å². The highest BCUT2D eigenvalue weighted by Gasteiger charge is 2.37. The van der Waals surface area contributed by atoms with E-state index in [1.807, 2.05) is 60.7 Å². The first-order valence-corrected chi connectivity index (χ1v) is 12.1. The second-order valence-corrected chi connectivity index (χ2v) is 8.92. The van der Waals surface area contributed by atoms with Crippen LogP contribution in [-0.4, -0.2) is 37.7 Å². The number of benzene rings is 3. The normalized spacial score (nSPS) is 17.6. The molecule has 0 aromatic heterocycles. The quantitative estimate of drug-likeness (QED) is 0.421. The molecule has 35 heavy (non-hydrogen) atoms. The Morgan fingerprint density at radius 3 is 2.51 bits per heavy atom. The lowest BCUT2D eigenvalue weighted by atomic mass is 9.99. The molecule has 0 spiro atoms. The summed E-state index contributed by atoms with van der Waals surface area (Å²) < 4.78 is 11.4. The Morgan fingerprint density at radius 2 is 1.77 bits per heavy atom. The van der Waals surface area contributed by atoms with E-state index in [0.29, 0.717) is 22.3 Å². The van der Waals surface area contributed by atoms with Crippen molar-refractivity contribution in [3.63, 3.8) is 0 Å². The SMILES string of the molecule is CCOC(=O)CNC[C@H]1O[C@H](c2ccccc2Cl)c2cc(Cl)ccc2N(Cc2ccccc2)C1=O. The highest BCUT2D eigenvalue weighted by Crippen LogP contribution is 2.41. The maximum atomic E-state index is 13.8. The molecule has 3 aromatic carbocycles. The highest BCUT2D eigenvalue weighted by molar-refractivity contribution is 6.31. The first kappa shape index (κ1) is 25.2. The molecule has 4 rings (SSSR count). The Hall–Kier alpha value is -2.90. The van der Waals surface area contributed by atoms with Crippen molar-refractivity contribution in [3.05, 3.63) is 99.5 Å². The fraction of sp³-hybridized carbons (Fsp3) is 0.259. The summed E-state index contributed by atoms with van der Waals surface area (Å²) in [4.78, 5) is 27.4. The molecule has 182 valence electrons. The summed E-state index contributed by atoms with van der Waals surface area (Å²) in [5.74, 6) is -0.629. The topological polar surface area (TPSA) is 67.9 Å². The predicted molar refractivity (Wildman–Crippen MR) is 137 cm³/mol. The van der Waals surface area contributed by atoms with E-state index in [4.69, 9.17) is 32.7 Å². The van der Waals surface area contributed by atoms with Crippen LogP contribution in [0.1, 0.15) is 29.7 Å². The minimum Gasteiger partial charge on any atom is -0.465 e. The molecule has 0 aliphatic carbocycles. The van der Waals surface area contributed by atoms with E-state index in [0.717, 1.165) is 16.7 Å². The van der Waals surface area contributed by atoms with Gasteiger partial charge in [0, 0.05) is 27.7 Å². The molecule has 3 aromatic rings. The molecule has 6 nitrogen and oxygen atoms in total. The zero-order chi connectivity index (χ0) is 24.8. The fourth-order valence-corrected chi connectivity index (χ4v) is 4.50. The van der Waals surface area contributed by atoms with E-state index >= 15 is 0 Å². The van der Waals surface area contributed by atoms with Crippen molar-refractivity contribution >= 4 is 40.8 Å². The van der Waals surface area contributed by atoms with Gasteiger partial charge in [-0.25, -0.2) is 0 Å². The number of hydrogen-bond donors (Lipinski definition) is 1. The molecule has 0 saturated carbocycles. The molecular formula is C27H26Cl2N2O4. The van der Waals surface area contributed by atoms with Crippen molar-refractivity contribution in [2.75, 3.05) is 24.6 Å². The number of hydrogen-bond acceptors (Lipinski definition) is 5. The zero-order valence-electron chi connectivity index (χ0n) is 19.2. The average molecular weight is 513 g/mol. The van der Waals surface area contributed by atoms with Crippen molar-refractivity contribution in [1.82, 2.24) is 5.32 Å². The van der Waals surface area contributed by atoms with Crippen LogP contribution in [0.4, 0.5) is 5.69 Å². The van der Waals surface area contributed by atoms with Crippen molar-refractivity contribution in [3.8, 4) is 0 Å². The lowest BCUT2D eigenvalue weighted by Gasteiger charge is -2.25. The highest BCUT2D eigenvalue weighted by atomic mass is 35.5. The molecule has 8 heteroatoms. The maximum absolute atomic E-state index is 13.8. The Morgan fingerprint density at radius 1 is 1.03 bits per heavy atom. The summed E-state index contributed by atoms with van der Waals surface area (Å²) in [6.07, 6.45) is -1.53. The molecule has 0 bridgehead atoms. The maximum Gasteiger partial charge on any atom is 0.319 e. The Labute approximate surface area is 214 Å². The van der Waals surface area contributed by atoms with Gasteiger partial charge in [0.2, 0.25) is 0 Å². The van der Waals surface area contributed by atoms with E-state index in [2.05, 4.69) is 5.32 Å². The molecule has 1 amide bonds. The van der Waals surface area contributed by atoms with Crippen LogP contribution >= 0.6 is 23.2 Å². The van der Waals surface area contributed by atoms with Crippen LogP contribution < -0.4 is 10.2 Å². The molecule has 0 radical (unpaired) electrons. The van der Waals surface area contributed by atoms with E-state index < -0.39 is 18.2 Å². The smallest absolute Gasteiger partial charge is 0.319 e. The number of ether oxygens (including phenoxy) is 2. The summed E-state index contributed by atoms with van der Waals surface area (Å²) in [6, 6.07) is 22.5. The van der Waals surface area contributed by atoms with E-state index in [9.17, 15) is 9.59 Å². The second kappa shape index (κ2) is 11.7. The lowest BCUT2D eigenvalue weighted by molar-refractivity contribution is -0.142. The minimum atomic E-state index is -0.888. The molecule has 1 aliphatic heterocycles. The van der Waals surface area contributed by atoms with E-state index in [-0.39, 0.29) is 25.6 Å². The molecule has 2 atom stereocenters. The van der Waals surface area contributed by atoms with Crippen LogP contribution in [-0.2, 0) is 25.6 Å². The molecule has 0 fully saturated rings. The third-order valence-electron chi connectivity index (χ3n) is 5.68. The number of carbonyl (C=O) groups excluding carboxylic acids is 2. The minimum absolute atomic E-state index is 0.0325. The fourth-order valence-electron chi connectivity index (χ4n) is 4.08. The number of rotatable bonds is 8. The lowest BCUT2D eigenvalue weighted by Crippen LogP contribution is -2.45. The van der Waals surface area contributed by atoms with Crippen molar-refractivity contribution in [1.29, 1.82) is 0 Å². The van der Waals surface area contributed by atoms with Crippen LogP contribution in [0.5, 0.6) is 0 Å². The van der Waals surface area contributed by atoms with Gasteiger partial charge in [0.1, 0.15) is 6.10 Å². The summed E-state index contributed by atoms with van der Waals surface area (Å²) in [7, 11) is 0. The van der Waals surface area contributed by atoms with Gasteiger partial charge in [-0.1, -0.05) is 71.7 Å². The summed E-state index contributed by atoms with van der Waals surface area (Å²) in [5.41, 5.74) is 3.13. The standard InChI is InChI=1S/C27H26Cl2N2O4/c1-2-34-25(32)16-30-15-24-27(33)31(17-18-8-4-3-5-9-18)23-13-12-19(28)14-21(23)26(35-24)20-10-6-7-11-22(20)29/h3-14,24,26,30H,2,15-17H2,1H3/t24-,26-/m1/s1. The van der Waals surface area contributed by atoms with E-state index in [1.54, 1.807) is 24.0 Å². The van der Waals surface area contributed by atoms with Gasteiger partial charge in [0.15, 0.2) is 6.10 Å². The first-order chi connectivity index (χ1) is 17.0. The number of amides is 1. The zero-order valence-corrected chi connectivity index (χ0v) is 20.8. The van der Waals surface area contributed by atoms with Crippen molar-refractivity contribution in [2.45, 2.75) is 25.7 Å². The Bertz CT molecular complexity index is 1190. The summed E-state index contributed by atoms with van der Waals surface area (Å²) in [6.45, 7) is 2.46. The number of nitrogens with zero attached hydrogens (tertiary/aromatic N) is 1. The summed E-state index contributed by atoms with van der Waals surface area (Å²) in [5, 5.41) is 4.04. The Balaban J connectivity index is 1.75. The number of fused-ring (bicyclic) bond motifs is 1. The second-order valence-electron chi connectivity index (χ2n) is 8.08. The van der Waals surface area contributed by atoms with Crippen molar-refractivity contribution in [2.24, 2.45) is 0 Å². The number of anilines is 1. The number of esters is 1. The van der Waals surface area contributed by atoms with Crippen LogP contribution in [0.3, 0.4) is 0 Å². The van der Waals surface area contributed by atoms with Gasteiger partial charge in [-0.3, -0.25) is 9.59 Å². The third-order valence-corrected chi connectivity index (χ3v) is 6.26. The predicted octanol–water partition coefficient (Wildman–Crippen LogP) is 5.17. The monoisotopic (exact) mass is 512 g/mol. The van der Waals surface area contributed by atoms with Crippen LogP contribution in [0.25, 0.3) is 0 Å². The van der Waals surface area contributed by atoms with Crippen LogP contribution in [0.15, 0.2) is 72.8 Å². The number of halogens is 2. The molecule has 1 aliphatic rings. The summed E-state index contributed by atoms with van der Waals surface area (Å²) >= 11 is 13.0. The van der Waals surface area contributed by atoms with Gasteiger partial charge in [-0.2, -0.15) is 0 Å². The van der Waals surface area contributed by atoms with Gasteiger partial charge >= 0.3 is 5.97 Å². The molecule has 1 heterocycles. The average Bonchev–Trinajstić information content (AvgIpc) is 2.95. The van der Waals surface area contributed by atoms with Gasteiger partial charge in [-0.15, -0.1) is 0 Å². The van der Waals surface area contributed by atoms with E-state index in [1.165, 1.54) is 0 Å². The van der Waals surface area contributed by atoms with Gasteiger partial charge in [0.05, 0.1) is 25.4 Å². The molecule has 0 saturated heterocycles. The van der Waals surface area contributed by atoms with Gasteiger partial charge < -0.3 is 19.7 Å².